The monoisotopic (exact) mass is 260 g/mol. The van der Waals surface area contributed by atoms with Crippen LogP contribution in [-0.4, -0.2) is 35.6 Å². The normalized spacial score (nSPS) is 27.7. The van der Waals surface area contributed by atoms with Crippen LogP contribution < -0.4 is 10.2 Å². The second-order valence-corrected chi connectivity index (χ2v) is 6.10. The lowest BCUT2D eigenvalue weighted by atomic mass is 9.94. The smallest absolute Gasteiger partial charge is 0.140 e. The minimum absolute atomic E-state index is 0.655. The van der Waals surface area contributed by atoms with E-state index in [-0.39, 0.29) is 0 Å². The van der Waals surface area contributed by atoms with Crippen molar-refractivity contribution in [2.45, 2.75) is 18.9 Å². The number of hydrogen-bond acceptors (Lipinski definition) is 5. The average Bonchev–Trinajstić information content (AvgIpc) is 3.04. The summed E-state index contributed by atoms with van der Waals surface area (Å²) in [5, 5.41) is 6.95. The lowest BCUT2D eigenvalue weighted by molar-refractivity contribution is 0.340. The van der Waals surface area contributed by atoms with Crippen LogP contribution in [-0.2, 0) is 0 Å². The van der Waals surface area contributed by atoms with Gasteiger partial charge in [0.15, 0.2) is 0 Å². The first-order valence-corrected chi connectivity index (χ1v) is 7.46. The molecular weight excluding hydrogens is 244 g/mol. The fourth-order valence-electron chi connectivity index (χ4n) is 3.25. The Morgan fingerprint density at radius 1 is 1.33 bits per heavy atom. The average molecular weight is 260 g/mol. The SMILES string of the molecule is c1nc(N2C[C@@H]3CCCN[C@@H]3C2)c2ccsc2n1. The van der Waals surface area contributed by atoms with Gasteiger partial charge in [-0.05, 0) is 36.8 Å². The van der Waals surface area contributed by atoms with E-state index in [0.29, 0.717) is 6.04 Å². The molecule has 0 amide bonds. The van der Waals surface area contributed by atoms with Crippen molar-refractivity contribution < 1.29 is 0 Å². The van der Waals surface area contributed by atoms with Crippen LogP contribution in [0.5, 0.6) is 0 Å². The third-order valence-corrected chi connectivity index (χ3v) is 4.96. The molecule has 2 aromatic heterocycles. The van der Waals surface area contributed by atoms with Gasteiger partial charge in [-0.1, -0.05) is 0 Å². The molecule has 0 unspecified atom stereocenters. The number of aromatic nitrogens is 2. The number of piperidine rings is 1. The Morgan fingerprint density at radius 2 is 2.33 bits per heavy atom. The van der Waals surface area contributed by atoms with Crippen molar-refractivity contribution in [1.82, 2.24) is 15.3 Å². The molecule has 0 aromatic carbocycles. The van der Waals surface area contributed by atoms with Crippen LogP contribution in [0.3, 0.4) is 0 Å². The fraction of sp³-hybridized carbons (Fsp3) is 0.538. The van der Waals surface area contributed by atoms with Crippen LogP contribution in [0.15, 0.2) is 17.8 Å². The molecule has 2 aliphatic heterocycles. The van der Waals surface area contributed by atoms with Crippen LogP contribution >= 0.6 is 11.3 Å². The predicted molar refractivity (Wildman–Crippen MR) is 74.1 cm³/mol. The molecule has 2 aromatic rings. The molecule has 2 fully saturated rings. The van der Waals surface area contributed by atoms with E-state index in [1.165, 1.54) is 24.8 Å². The van der Waals surface area contributed by atoms with Crippen LogP contribution in [0.2, 0.25) is 0 Å². The number of nitrogens with one attached hydrogen (secondary N) is 1. The van der Waals surface area contributed by atoms with E-state index in [4.69, 9.17) is 0 Å². The molecule has 1 N–H and O–H groups in total. The van der Waals surface area contributed by atoms with Gasteiger partial charge in [0.25, 0.3) is 0 Å². The first-order chi connectivity index (χ1) is 8.92. The molecule has 2 aliphatic rings. The molecule has 94 valence electrons. The molecule has 18 heavy (non-hydrogen) atoms. The van der Waals surface area contributed by atoms with E-state index in [1.54, 1.807) is 17.7 Å². The van der Waals surface area contributed by atoms with E-state index in [2.05, 4.69) is 31.6 Å². The molecule has 4 rings (SSSR count). The van der Waals surface area contributed by atoms with Crippen LogP contribution in [0.4, 0.5) is 5.82 Å². The Bertz CT molecular complexity index is 553. The number of nitrogens with zero attached hydrogens (tertiary/aromatic N) is 3. The zero-order chi connectivity index (χ0) is 11.9. The van der Waals surface area contributed by atoms with Crippen molar-refractivity contribution in [3.63, 3.8) is 0 Å². The van der Waals surface area contributed by atoms with Gasteiger partial charge in [-0.25, -0.2) is 9.97 Å². The predicted octanol–water partition coefficient (Wildman–Crippen LogP) is 1.88. The van der Waals surface area contributed by atoms with Gasteiger partial charge < -0.3 is 10.2 Å². The summed E-state index contributed by atoms with van der Waals surface area (Å²) in [6.45, 7) is 3.40. The summed E-state index contributed by atoms with van der Waals surface area (Å²) in [5.74, 6) is 1.92. The topological polar surface area (TPSA) is 41.1 Å². The summed E-state index contributed by atoms with van der Waals surface area (Å²) in [4.78, 5) is 12.4. The van der Waals surface area contributed by atoms with Crippen molar-refractivity contribution in [3.05, 3.63) is 17.8 Å². The quantitative estimate of drug-likeness (QED) is 0.850. The first-order valence-electron chi connectivity index (χ1n) is 6.58. The van der Waals surface area contributed by atoms with Crippen molar-refractivity contribution in [2.75, 3.05) is 24.5 Å². The lowest BCUT2D eigenvalue weighted by Gasteiger charge is -2.24. The fourth-order valence-corrected chi connectivity index (χ4v) is 3.98. The number of rotatable bonds is 1. The Kier molecular flexibility index (Phi) is 2.48. The molecule has 2 saturated heterocycles. The standard InChI is InChI=1S/C13H16N4S/c1-2-9-6-17(7-11(9)14-4-1)12-10-3-5-18-13(10)16-8-15-12/h3,5,8-9,11,14H,1-2,4,6-7H2/t9-,11+/m0/s1. The Morgan fingerprint density at radius 3 is 3.28 bits per heavy atom. The zero-order valence-electron chi connectivity index (χ0n) is 10.2. The molecule has 0 radical (unpaired) electrons. The summed E-state index contributed by atoms with van der Waals surface area (Å²) in [6.07, 6.45) is 4.36. The van der Waals surface area contributed by atoms with Gasteiger partial charge in [0.2, 0.25) is 0 Å². The minimum Gasteiger partial charge on any atom is -0.354 e. The van der Waals surface area contributed by atoms with E-state index >= 15 is 0 Å². The summed E-state index contributed by atoms with van der Waals surface area (Å²) < 4.78 is 0. The highest BCUT2D eigenvalue weighted by atomic mass is 32.1. The van der Waals surface area contributed by atoms with Crippen molar-refractivity contribution in [2.24, 2.45) is 5.92 Å². The second-order valence-electron chi connectivity index (χ2n) is 5.20. The van der Waals surface area contributed by atoms with E-state index in [9.17, 15) is 0 Å². The number of hydrogen-bond donors (Lipinski definition) is 1. The van der Waals surface area contributed by atoms with Crippen molar-refractivity contribution >= 4 is 27.4 Å². The number of fused-ring (bicyclic) bond motifs is 2. The molecule has 4 nitrogen and oxygen atoms in total. The molecule has 0 spiro atoms. The Labute approximate surface area is 110 Å². The highest BCUT2D eigenvalue weighted by molar-refractivity contribution is 7.16. The zero-order valence-corrected chi connectivity index (χ0v) is 11.0. The summed E-state index contributed by atoms with van der Waals surface area (Å²) in [5.41, 5.74) is 0. The maximum absolute atomic E-state index is 4.51. The van der Waals surface area contributed by atoms with Crippen molar-refractivity contribution in [3.8, 4) is 0 Å². The lowest BCUT2D eigenvalue weighted by Crippen LogP contribution is -2.40. The molecule has 0 saturated carbocycles. The molecule has 4 heterocycles. The van der Waals surface area contributed by atoms with Gasteiger partial charge in [0.1, 0.15) is 17.0 Å². The van der Waals surface area contributed by atoms with Gasteiger partial charge >= 0.3 is 0 Å². The van der Waals surface area contributed by atoms with E-state index in [0.717, 1.165) is 29.7 Å². The van der Waals surface area contributed by atoms with E-state index < -0.39 is 0 Å². The Balaban J connectivity index is 1.69. The molecule has 2 atom stereocenters. The molecular formula is C13H16N4S. The largest absolute Gasteiger partial charge is 0.354 e. The maximum atomic E-state index is 4.51. The first kappa shape index (κ1) is 10.7. The highest BCUT2D eigenvalue weighted by Gasteiger charge is 2.35. The van der Waals surface area contributed by atoms with Gasteiger partial charge in [0, 0.05) is 19.1 Å². The highest BCUT2D eigenvalue weighted by Crippen LogP contribution is 2.32. The van der Waals surface area contributed by atoms with Crippen LogP contribution in [0.25, 0.3) is 10.2 Å². The van der Waals surface area contributed by atoms with Crippen molar-refractivity contribution in [1.29, 1.82) is 0 Å². The van der Waals surface area contributed by atoms with Crippen LogP contribution in [0.1, 0.15) is 12.8 Å². The summed E-state index contributed by atoms with van der Waals surface area (Å²) in [6, 6.07) is 2.80. The van der Waals surface area contributed by atoms with E-state index in [1.807, 2.05) is 0 Å². The van der Waals surface area contributed by atoms with Gasteiger partial charge in [0.05, 0.1) is 5.39 Å². The second kappa shape index (κ2) is 4.17. The third-order valence-electron chi connectivity index (χ3n) is 4.14. The minimum atomic E-state index is 0.655. The third kappa shape index (κ3) is 1.61. The molecule has 5 heteroatoms. The number of anilines is 1. The number of thiophene rings is 1. The summed E-state index contributed by atoms with van der Waals surface area (Å²) >= 11 is 1.69. The van der Waals surface area contributed by atoms with Gasteiger partial charge in [-0.3, -0.25) is 0 Å². The van der Waals surface area contributed by atoms with Gasteiger partial charge in [-0.15, -0.1) is 11.3 Å². The Hall–Kier alpha value is -1.20. The van der Waals surface area contributed by atoms with Gasteiger partial charge in [-0.2, -0.15) is 0 Å². The molecule has 0 aliphatic carbocycles. The molecule has 0 bridgehead atoms. The maximum Gasteiger partial charge on any atom is 0.140 e. The summed E-state index contributed by atoms with van der Waals surface area (Å²) in [7, 11) is 0. The van der Waals surface area contributed by atoms with Crippen LogP contribution in [0, 0.1) is 5.92 Å².